The highest BCUT2D eigenvalue weighted by Gasteiger charge is 2.37. The molecular formula is C12H25N. The Morgan fingerprint density at radius 2 is 2.15 bits per heavy atom. The van der Waals surface area contributed by atoms with Crippen molar-refractivity contribution in [2.24, 2.45) is 11.3 Å². The number of hydrogen-bond acceptors (Lipinski definition) is 1. The van der Waals surface area contributed by atoms with Gasteiger partial charge in [-0.1, -0.05) is 34.1 Å². The molecular weight excluding hydrogens is 158 g/mol. The molecule has 0 aliphatic carbocycles. The molecule has 1 heteroatoms. The van der Waals surface area contributed by atoms with E-state index in [0.29, 0.717) is 5.41 Å². The van der Waals surface area contributed by atoms with Crippen LogP contribution in [0.15, 0.2) is 0 Å². The van der Waals surface area contributed by atoms with Crippen molar-refractivity contribution in [2.45, 2.75) is 59.4 Å². The van der Waals surface area contributed by atoms with Gasteiger partial charge in [0.1, 0.15) is 0 Å². The number of nitrogens with one attached hydrogen (secondary N) is 1. The molecule has 0 aromatic rings. The molecule has 0 spiro atoms. The lowest BCUT2D eigenvalue weighted by molar-refractivity contribution is 0.210. The van der Waals surface area contributed by atoms with Gasteiger partial charge in [0.15, 0.2) is 0 Å². The molecule has 0 saturated carbocycles. The van der Waals surface area contributed by atoms with E-state index in [1.165, 1.54) is 32.2 Å². The Labute approximate surface area is 83.3 Å². The first kappa shape index (κ1) is 11.0. The maximum Gasteiger partial charge on any atom is 0.0119 e. The van der Waals surface area contributed by atoms with Crippen LogP contribution in [0, 0.1) is 11.3 Å². The molecule has 0 aromatic carbocycles. The van der Waals surface area contributed by atoms with Crippen molar-refractivity contribution in [2.75, 3.05) is 6.54 Å². The Morgan fingerprint density at radius 1 is 1.46 bits per heavy atom. The Bertz CT molecular complexity index is 155. The van der Waals surface area contributed by atoms with Gasteiger partial charge in [-0.05, 0) is 37.1 Å². The quantitative estimate of drug-likeness (QED) is 0.706. The molecule has 1 aliphatic rings. The molecule has 1 saturated heterocycles. The molecule has 1 fully saturated rings. The molecule has 13 heavy (non-hydrogen) atoms. The molecule has 1 aliphatic heterocycles. The molecule has 3 atom stereocenters. The fourth-order valence-electron chi connectivity index (χ4n) is 2.77. The van der Waals surface area contributed by atoms with Crippen molar-refractivity contribution in [3.8, 4) is 0 Å². The highest BCUT2D eigenvalue weighted by atomic mass is 15.0. The van der Waals surface area contributed by atoms with Crippen molar-refractivity contribution in [1.29, 1.82) is 0 Å². The summed E-state index contributed by atoms with van der Waals surface area (Å²) in [5.41, 5.74) is 0.574. The predicted molar refractivity (Wildman–Crippen MR) is 58.9 cm³/mol. The zero-order valence-electron chi connectivity index (χ0n) is 9.69. The molecule has 78 valence electrons. The van der Waals surface area contributed by atoms with Crippen molar-refractivity contribution in [3.63, 3.8) is 0 Å². The summed E-state index contributed by atoms with van der Waals surface area (Å²) in [6, 6.07) is 0.765. The third-order valence-corrected chi connectivity index (χ3v) is 3.85. The van der Waals surface area contributed by atoms with Gasteiger partial charge in [-0.2, -0.15) is 0 Å². The van der Waals surface area contributed by atoms with Crippen molar-refractivity contribution in [3.05, 3.63) is 0 Å². The van der Waals surface area contributed by atoms with Crippen molar-refractivity contribution in [1.82, 2.24) is 5.32 Å². The van der Waals surface area contributed by atoms with E-state index in [9.17, 15) is 0 Å². The summed E-state index contributed by atoms with van der Waals surface area (Å²) < 4.78 is 0. The lowest BCUT2D eigenvalue weighted by atomic mass is 9.74. The zero-order valence-corrected chi connectivity index (χ0v) is 9.69. The van der Waals surface area contributed by atoms with Crippen LogP contribution < -0.4 is 5.32 Å². The molecule has 1 rings (SSSR count). The Kier molecular flexibility index (Phi) is 3.78. The standard InChI is InChI=1S/C12H25N/c1-5-10(3)9-12(4)7-8-13-11(12)6-2/h10-11,13H,5-9H2,1-4H3. The first-order chi connectivity index (χ1) is 6.12. The average Bonchev–Trinajstić information content (AvgIpc) is 2.46. The lowest BCUT2D eigenvalue weighted by Crippen LogP contribution is -2.35. The fraction of sp³-hybridized carbons (Fsp3) is 1.00. The summed E-state index contributed by atoms with van der Waals surface area (Å²) in [6.45, 7) is 10.7. The van der Waals surface area contributed by atoms with Crippen LogP contribution in [0.3, 0.4) is 0 Å². The maximum absolute atomic E-state index is 3.63. The van der Waals surface area contributed by atoms with Gasteiger partial charge in [0.25, 0.3) is 0 Å². The van der Waals surface area contributed by atoms with E-state index < -0.39 is 0 Å². The van der Waals surface area contributed by atoms with Crippen LogP contribution in [0.2, 0.25) is 0 Å². The van der Waals surface area contributed by atoms with E-state index in [1.807, 2.05) is 0 Å². The van der Waals surface area contributed by atoms with Crippen LogP contribution in [0.5, 0.6) is 0 Å². The minimum atomic E-state index is 0.574. The van der Waals surface area contributed by atoms with Crippen LogP contribution >= 0.6 is 0 Å². The topological polar surface area (TPSA) is 12.0 Å². The fourth-order valence-corrected chi connectivity index (χ4v) is 2.77. The summed E-state index contributed by atoms with van der Waals surface area (Å²) >= 11 is 0. The minimum absolute atomic E-state index is 0.574. The minimum Gasteiger partial charge on any atom is -0.313 e. The second kappa shape index (κ2) is 4.45. The second-order valence-corrected chi connectivity index (χ2v) is 5.04. The normalized spacial score (nSPS) is 36.5. The van der Waals surface area contributed by atoms with Gasteiger partial charge in [-0.25, -0.2) is 0 Å². The Hall–Kier alpha value is -0.0400. The predicted octanol–water partition coefficient (Wildman–Crippen LogP) is 3.20. The van der Waals surface area contributed by atoms with E-state index in [4.69, 9.17) is 0 Å². The van der Waals surface area contributed by atoms with Crippen LogP contribution in [0.1, 0.15) is 53.4 Å². The first-order valence-electron chi connectivity index (χ1n) is 5.85. The Balaban J connectivity index is 2.52. The highest BCUT2D eigenvalue weighted by Crippen LogP contribution is 2.39. The van der Waals surface area contributed by atoms with Gasteiger partial charge in [-0.15, -0.1) is 0 Å². The van der Waals surface area contributed by atoms with E-state index in [-0.39, 0.29) is 0 Å². The summed E-state index contributed by atoms with van der Waals surface area (Å²) in [4.78, 5) is 0. The monoisotopic (exact) mass is 183 g/mol. The van der Waals surface area contributed by atoms with E-state index in [1.54, 1.807) is 0 Å². The molecule has 1 N–H and O–H groups in total. The summed E-state index contributed by atoms with van der Waals surface area (Å²) in [7, 11) is 0. The third kappa shape index (κ3) is 2.46. The van der Waals surface area contributed by atoms with Crippen LogP contribution in [-0.4, -0.2) is 12.6 Å². The summed E-state index contributed by atoms with van der Waals surface area (Å²) in [6.07, 6.45) is 5.38. The molecule has 1 heterocycles. The number of hydrogen-bond donors (Lipinski definition) is 1. The van der Waals surface area contributed by atoms with Gasteiger partial charge in [0, 0.05) is 6.04 Å². The van der Waals surface area contributed by atoms with Gasteiger partial charge in [0.2, 0.25) is 0 Å². The summed E-state index contributed by atoms with van der Waals surface area (Å²) in [5.74, 6) is 0.888. The lowest BCUT2D eigenvalue weighted by Gasteiger charge is -2.33. The van der Waals surface area contributed by atoms with E-state index >= 15 is 0 Å². The summed E-state index contributed by atoms with van der Waals surface area (Å²) in [5, 5.41) is 3.63. The van der Waals surface area contributed by atoms with Crippen LogP contribution in [-0.2, 0) is 0 Å². The highest BCUT2D eigenvalue weighted by molar-refractivity contribution is 4.93. The average molecular weight is 183 g/mol. The largest absolute Gasteiger partial charge is 0.313 e. The smallest absolute Gasteiger partial charge is 0.0119 e. The van der Waals surface area contributed by atoms with Crippen LogP contribution in [0.4, 0.5) is 0 Å². The van der Waals surface area contributed by atoms with Gasteiger partial charge >= 0.3 is 0 Å². The molecule has 0 aromatic heterocycles. The van der Waals surface area contributed by atoms with Gasteiger partial charge in [0.05, 0.1) is 0 Å². The molecule has 1 nitrogen and oxygen atoms in total. The molecule has 0 amide bonds. The van der Waals surface area contributed by atoms with Crippen molar-refractivity contribution >= 4 is 0 Å². The van der Waals surface area contributed by atoms with E-state index in [2.05, 4.69) is 33.0 Å². The third-order valence-electron chi connectivity index (χ3n) is 3.85. The maximum atomic E-state index is 3.63. The molecule has 3 unspecified atom stereocenters. The SMILES string of the molecule is CCC(C)CC1(C)CCNC1CC. The molecule has 0 radical (unpaired) electrons. The first-order valence-corrected chi connectivity index (χ1v) is 5.85. The molecule has 0 bridgehead atoms. The van der Waals surface area contributed by atoms with Gasteiger partial charge in [-0.3, -0.25) is 0 Å². The second-order valence-electron chi connectivity index (χ2n) is 5.04. The number of rotatable bonds is 4. The zero-order chi connectivity index (χ0) is 9.90. The Morgan fingerprint density at radius 3 is 2.69 bits per heavy atom. The van der Waals surface area contributed by atoms with Crippen molar-refractivity contribution < 1.29 is 0 Å². The van der Waals surface area contributed by atoms with Crippen LogP contribution in [0.25, 0.3) is 0 Å². The van der Waals surface area contributed by atoms with E-state index in [0.717, 1.165) is 12.0 Å². The van der Waals surface area contributed by atoms with Gasteiger partial charge < -0.3 is 5.32 Å².